The molecule has 0 radical (unpaired) electrons. The zero-order valence-electron chi connectivity index (χ0n) is 9.00. The lowest BCUT2D eigenvalue weighted by Gasteiger charge is -2.19. The normalized spacial score (nSPS) is 29.4. The monoisotopic (exact) mass is 199 g/mol. The molecule has 14 heavy (non-hydrogen) atoms. The summed E-state index contributed by atoms with van der Waals surface area (Å²) in [4.78, 5) is 0. The number of hydrogen-bond donors (Lipinski definition) is 1. The van der Waals surface area contributed by atoms with Crippen molar-refractivity contribution >= 4 is 0 Å². The van der Waals surface area contributed by atoms with Crippen LogP contribution in [0.3, 0.4) is 0 Å². The van der Waals surface area contributed by atoms with Gasteiger partial charge in [-0.1, -0.05) is 0 Å². The van der Waals surface area contributed by atoms with Crippen LogP contribution >= 0.6 is 0 Å². The molecule has 1 saturated carbocycles. The molecule has 2 atom stereocenters. The van der Waals surface area contributed by atoms with Gasteiger partial charge in [-0.3, -0.25) is 0 Å². The number of methoxy groups -OCH3 is 1. The highest BCUT2D eigenvalue weighted by atomic mass is 16.5. The first-order chi connectivity index (χ1) is 6.90. The fourth-order valence-corrected chi connectivity index (χ4v) is 2.10. The minimum absolute atomic E-state index is 0.584. The third-order valence-electron chi connectivity index (χ3n) is 3.23. The molecule has 2 aliphatic rings. The van der Waals surface area contributed by atoms with Crippen LogP contribution in [0.5, 0.6) is 0 Å². The molecule has 1 N–H and O–H groups in total. The summed E-state index contributed by atoms with van der Waals surface area (Å²) in [6.07, 6.45) is 3.97. The molecule has 3 nitrogen and oxygen atoms in total. The van der Waals surface area contributed by atoms with Gasteiger partial charge in [0.2, 0.25) is 0 Å². The van der Waals surface area contributed by atoms with Crippen molar-refractivity contribution in [1.82, 2.24) is 5.32 Å². The Morgan fingerprint density at radius 2 is 2.29 bits per heavy atom. The van der Waals surface area contributed by atoms with Crippen molar-refractivity contribution in [3.63, 3.8) is 0 Å². The van der Waals surface area contributed by atoms with E-state index >= 15 is 0 Å². The van der Waals surface area contributed by atoms with Gasteiger partial charge < -0.3 is 14.8 Å². The molecule has 1 heterocycles. The predicted octanol–water partition coefficient (Wildman–Crippen LogP) is 1.04. The molecule has 82 valence electrons. The highest BCUT2D eigenvalue weighted by Gasteiger charge is 2.31. The van der Waals surface area contributed by atoms with E-state index < -0.39 is 0 Å². The fraction of sp³-hybridized carbons (Fsp3) is 1.00. The van der Waals surface area contributed by atoms with E-state index in [-0.39, 0.29) is 0 Å². The second kappa shape index (κ2) is 5.10. The molecule has 2 unspecified atom stereocenters. The first-order valence-electron chi connectivity index (χ1n) is 5.70. The van der Waals surface area contributed by atoms with E-state index in [0.717, 1.165) is 38.2 Å². The van der Waals surface area contributed by atoms with Gasteiger partial charge in [-0.15, -0.1) is 0 Å². The molecular weight excluding hydrogens is 178 g/mol. The average Bonchev–Trinajstić information content (AvgIpc) is 2.90. The summed E-state index contributed by atoms with van der Waals surface area (Å²) in [5.41, 5.74) is 0. The molecule has 0 spiro atoms. The van der Waals surface area contributed by atoms with Crippen molar-refractivity contribution in [1.29, 1.82) is 0 Å². The average molecular weight is 199 g/mol. The van der Waals surface area contributed by atoms with Crippen molar-refractivity contribution in [3.05, 3.63) is 0 Å². The Bertz CT molecular complexity index is 165. The van der Waals surface area contributed by atoms with Crippen LogP contribution < -0.4 is 5.32 Å². The van der Waals surface area contributed by atoms with Gasteiger partial charge in [0.25, 0.3) is 0 Å². The van der Waals surface area contributed by atoms with Gasteiger partial charge in [-0.2, -0.15) is 0 Å². The van der Waals surface area contributed by atoms with Gasteiger partial charge >= 0.3 is 0 Å². The quantitative estimate of drug-likeness (QED) is 0.693. The third kappa shape index (κ3) is 2.94. The minimum atomic E-state index is 0.584. The van der Waals surface area contributed by atoms with E-state index in [1.807, 2.05) is 0 Å². The van der Waals surface area contributed by atoms with Crippen LogP contribution in [0.4, 0.5) is 0 Å². The maximum Gasteiger partial charge on any atom is 0.0618 e. The Morgan fingerprint density at radius 1 is 1.43 bits per heavy atom. The molecule has 0 aromatic heterocycles. The Balaban J connectivity index is 1.65. The topological polar surface area (TPSA) is 30.5 Å². The second-order valence-electron chi connectivity index (χ2n) is 4.54. The van der Waals surface area contributed by atoms with E-state index in [1.165, 1.54) is 19.3 Å². The van der Waals surface area contributed by atoms with Crippen LogP contribution in [0, 0.1) is 11.8 Å². The van der Waals surface area contributed by atoms with Crippen molar-refractivity contribution < 1.29 is 9.47 Å². The lowest BCUT2D eigenvalue weighted by molar-refractivity contribution is 0.151. The molecule has 1 saturated heterocycles. The van der Waals surface area contributed by atoms with Gasteiger partial charge in [-0.05, 0) is 31.1 Å². The van der Waals surface area contributed by atoms with Gasteiger partial charge in [0.15, 0.2) is 0 Å². The molecule has 0 aromatic carbocycles. The molecule has 0 aromatic rings. The molecule has 0 amide bonds. The van der Waals surface area contributed by atoms with E-state index in [2.05, 4.69) is 5.32 Å². The van der Waals surface area contributed by atoms with Gasteiger partial charge in [0.05, 0.1) is 13.2 Å². The van der Waals surface area contributed by atoms with Crippen molar-refractivity contribution in [2.75, 3.05) is 33.5 Å². The van der Waals surface area contributed by atoms with Gasteiger partial charge in [0, 0.05) is 26.3 Å². The summed E-state index contributed by atoms with van der Waals surface area (Å²) in [6, 6.07) is 0.584. The van der Waals surface area contributed by atoms with E-state index in [9.17, 15) is 0 Å². The van der Waals surface area contributed by atoms with Crippen molar-refractivity contribution in [2.45, 2.75) is 25.3 Å². The zero-order valence-corrected chi connectivity index (χ0v) is 9.00. The number of hydrogen-bond acceptors (Lipinski definition) is 3. The maximum atomic E-state index is 5.35. The number of nitrogens with one attached hydrogen (secondary N) is 1. The van der Waals surface area contributed by atoms with Crippen LogP contribution in [0.1, 0.15) is 19.3 Å². The summed E-state index contributed by atoms with van der Waals surface area (Å²) in [7, 11) is 1.79. The number of rotatable bonds is 6. The molecule has 1 aliphatic heterocycles. The Hall–Kier alpha value is -0.120. The zero-order chi connectivity index (χ0) is 9.80. The molecule has 0 bridgehead atoms. The molecule has 1 aliphatic carbocycles. The summed E-state index contributed by atoms with van der Waals surface area (Å²) >= 11 is 0. The molecule has 2 rings (SSSR count). The summed E-state index contributed by atoms with van der Waals surface area (Å²) < 4.78 is 10.6. The van der Waals surface area contributed by atoms with Gasteiger partial charge in [0.1, 0.15) is 0 Å². The molecule has 2 fully saturated rings. The van der Waals surface area contributed by atoms with Crippen LogP contribution in [-0.2, 0) is 9.47 Å². The highest BCUT2D eigenvalue weighted by molar-refractivity contribution is 4.87. The Labute approximate surface area is 86.2 Å². The molecular formula is C11H21NO2. The second-order valence-corrected chi connectivity index (χ2v) is 4.54. The lowest BCUT2D eigenvalue weighted by atomic mass is 10.1. The predicted molar refractivity (Wildman–Crippen MR) is 55.3 cm³/mol. The maximum absolute atomic E-state index is 5.35. The smallest absolute Gasteiger partial charge is 0.0618 e. The Kier molecular flexibility index (Phi) is 3.79. The fourth-order valence-electron chi connectivity index (χ4n) is 2.10. The lowest BCUT2D eigenvalue weighted by Crippen LogP contribution is -2.38. The van der Waals surface area contributed by atoms with Crippen LogP contribution in [0.25, 0.3) is 0 Å². The largest absolute Gasteiger partial charge is 0.383 e. The van der Waals surface area contributed by atoms with E-state index in [0.29, 0.717) is 6.04 Å². The van der Waals surface area contributed by atoms with Crippen LogP contribution in [0.15, 0.2) is 0 Å². The van der Waals surface area contributed by atoms with Crippen molar-refractivity contribution in [2.24, 2.45) is 11.8 Å². The standard InChI is InChI=1S/C11H21NO2/c1-13-8-11(10-2-3-10)12-6-9-4-5-14-7-9/h9-12H,2-8H2,1H3. The van der Waals surface area contributed by atoms with E-state index in [4.69, 9.17) is 9.47 Å². The number of ether oxygens (including phenoxy) is 2. The Morgan fingerprint density at radius 3 is 2.86 bits per heavy atom. The summed E-state index contributed by atoms with van der Waals surface area (Å²) in [5.74, 6) is 1.60. The van der Waals surface area contributed by atoms with Crippen LogP contribution in [-0.4, -0.2) is 39.5 Å². The third-order valence-corrected chi connectivity index (χ3v) is 3.23. The minimum Gasteiger partial charge on any atom is -0.383 e. The van der Waals surface area contributed by atoms with E-state index in [1.54, 1.807) is 7.11 Å². The SMILES string of the molecule is COCC(NCC1CCOC1)C1CC1. The first-order valence-corrected chi connectivity index (χ1v) is 5.70. The van der Waals surface area contributed by atoms with Crippen molar-refractivity contribution in [3.8, 4) is 0 Å². The van der Waals surface area contributed by atoms with Gasteiger partial charge in [-0.25, -0.2) is 0 Å². The first kappa shape index (κ1) is 10.4. The van der Waals surface area contributed by atoms with Crippen LogP contribution in [0.2, 0.25) is 0 Å². The molecule has 3 heteroatoms. The summed E-state index contributed by atoms with van der Waals surface area (Å²) in [5, 5.41) is 3.62. The highest BCUT2D eigenvalue weighted by Crippen LogP contribution is 2.32. The summed E-state index contributed by atoms with van der Waals surface area (Å²) in [6.45, 7) is 3.85.